The minimum absolute atomic E-state index is 0.187. The van der Waals surface area contributed by atoms with Gasteiger partial charge in [-0.2, -0.15) is 0 Å². The SMILES string of the molecule is CCCNC(CN(C)Cc1nccn1C)C(=O)OCC. The molecule has 1 aromatic heterocycles. The normalized spacial score (nSPS) is 12.7. The molecule has 1 atom stereocenters. The van der Waals surface area contributed by atoms with Crippen molar-refractivity contribution in [3.8, 4) is 0 Å². The van der Waals surface area contributed by atoms with Crippen molar-refractivity contribution in [2.24, 2.45) is 7.05 Å². The molecule has 0 saturated heterocycles. The van der Waals surface area contributed by atoms with Crippen LogP contribution in [-0.2, 0) is 23.1 Å². The van der Waals surface area contributed by atoms with Crippen molar-refractivity contribution in [1.29, 1.82) is 0 Å². The third-order valence-electron chi connectivity index (χ3n) is 3.04. The molecule has 1 aromatic rings. The summed E-state index contributed by atoms with van der Waals surface area (Å²) < 4.78 is 7.09. The number of imidazole rings is 1. The van der Waals surface area contributed by atoms with E-state index in [2.05, 4.69) is 22.1 Å². The van der Waals surface area contributed by atoms with Crippen molar-refractivity contribution >= 4 is 5.97 Å². The number of aryl methyl sites for hydroxylation is 1. The fourth-order valence-electron chi connectivity index (χ4n) is 1.95. The summed E-state index contributed by atoms with van der Waals surface area (Å²) >= 11 is 0. The van der Waals surface area contributed by atoms with Crippen molar-refractivity contribution in [3.05, 3.63) is 18.2 Å². The van der Waals surface area contributed by atoms with Crippen LogP contribution in [0.1, 0.15) is 26.1 Å². The van der Waals surface area contributed by atoms with Gasteiger partial charge in [-0.3, -0.25) is 9.69 Å². The number of carbonyl (C=O) groups is 1. The maximum absolute atomic E-state index is 11.9. The first-order chi connectivity index (χ1) is 9.58. The summed E-state index contributed by atoms with van der Waals surface area (Å²) in [7, 11) is 3.95. The van der Waals surface area contributed by atoms with Crippen molar-refractivity contribution in [2.75, 3.05) is 26.7 Å². The standard InChI is InChI=1S/C14H26N4O2/c1-5-7-15-12(14(19)20-6-2)10-17(3)11-13-16-8-9-18(13)4/h8-9,12,15H,5-7,10-11H2,1-4H3. The molecule has 20 heavy (non-hydrogen) atoms. The van der Waals surface area contributed by atoms with Gasteiger partial charge in [0.05, 0.1) is 13.2 Å². The Morgan fingerprint density at radius 1 is 1.55 bits per heavy atom. The van der Waals surface area contributed by atoms with E-state index in [1.165, 1.54) is 0 Å². The molecule has 0 aliphatic carbocycles. The van der Waals surface area contributed by atoms with Gasteiger partial charge in [-0.05, 0) is 26.9 Å². The first-order valence-electron chi connectivity index (χ1n) is 7.13. The van der Waals surface area contributed by atoms with Crippen LogP contribution in [0.4, 0.5) is 0 Å². The van der Waals surface area contributed by atoms with Crippen LogP contribution in [0.5, 0.6) is 0 Å². The first-order valence-corrected chi connectivity index (χ1v) is 7.13. The Labute approximate surface area is 121 Å². The van der Waals surface area contributed by atoms with E-state index in [0.717, 1.165) is 18.8 Å². The zero-order chi connectivity index (χ0) is 15.0. The highest BCUT2D eigenvalue weighted by atomic mass is 16.5. The molecule has 0 amide bonds. The van der Waals surface area contributed by atoms with E-state index in [-0.39, 0.29) is 12.0 Å². The number of carbonyl (C=O) groups excluding carboxylic acids is 1. The van der Waals surface area contributed by atoms with E-state index < -0.39 is 0 Å². The zero-order valence-corrected chi connectivity index (χ0v) is 12.9. The number of ether oxygens (including phenoxy) is 1. The van der Waals surface area contributed by atoms with Crippen LogP contribution in [0, 0.1) is 0 Å². The van der Waals surface area contributed by atoms with Crippen LogP contribution in [0.3, 0.4) is 0 Å². The van der Waals surface area contributed by atoms with Crippen molar-refractivity contribution in [2.45, 2.75) is 32.9 Å². The maximum atomic E-state index is 11.9. The van der Waals surface area contributed by atoms with Gasteiger partial charge in [0, 0.05) is 26.0 Å². The highest BCUT2D eigenvalue weighted by molar-refractivity contribution is 5.76. The van der Waals surface area contributed by atoms with E-state index in [9.17, 15) is 4.79 Å². The number of nitrogens with one attached hydrogen (secondary N) is 1. The lowest BCUT2D eigenvalue weighted by Gasteiger charge is -2.23. The number of aromatic nitrogens is 2. The van der Waals surface area contributed by atoms with E-state index in [1.54, 1.807) is 6.20 Å². The number of esters is 1. The van der Waals surface area contributed by atoms with Crippen molar-refractivity contribution in [3.63, 3.8) is 0 Å². The van der Waals surface area contributed by atoms with Gasteiger partial charge in [0.15, 0.2) is 0 Å². The molecule has 1 rings (SSSR count). The second-order valence-corrected chi connectivity index (χ2v) is 4.91. The van der Waals surface area contributed by atoms with E-state index >= 15 is 0 Å². The Morgan fingerprint density at radius 2 is 2.30 bits per heavy atom. The molecule has 1 unspecified atom stereocenters. The van der Waals surface area contributed by atoms with E-state index in [4.69, 9.17) is 4.74 Å². The van der Waals surface area contributed by atoms with Crippen LogP contribution < -0.4 is 5.32 Å². The summed E-state index contributed by atoms with van der Waals surface area (Å²) in [5, 5.41) is 3.24. The third kappa shape index (κ3) is 5.30. The van der Waals surface area contributed by atoms with Gasteiger partial charge in [0.2, 0.25) is 0 Å². The predicted molar refractivity (Wildman–Crippen MR) is 78.3 cm³/mol. The summed E-state index contributed by atoms with van der Waals surface area (Å²) in [6.07, 6.45) is 4.68. The van der Waals surface area contributed by atoms with Crippen LogP contribution in [0.15, 0.2) is 12.4 Å². The van der Waals surface area contributed by atoms with Gasteiger partial charge < -0.3 is 14.6 Å². The minimum atomic E-state index is -0.292. The molecule has 6 heteroatoms. The Morgan fingerprint density at radius 3 is 2.85 bits per heavy atom. The van der Waals surface area contributed by atoms with Gasteiger partial charge in [-0.1, -0.05) is 6.92 Å². The molecular weight excluding hydrogens is 256 g/mol. The van der Waals surface area contributed by atoms with E-state index in [0.29, 0.717) is 19.7 Å². The molecule has 0 aliphatic heterocycles. The average molecular weight is 282 g/mol. The van der Waals surface area contributed by atoms with Gasteiger partial charge in [0.1, 0.15) is 11.9 Å². The molecule has 0 aromatic carbocycles. The first kappa shape index (κ1) is 16.7. The van der Waals surface area contributed by atoms with E-state index in [1.807, 2.05) is 31.8 Å². The molecule has 0 saturated carbocycles. The number of hydrogen-bond donors (Lipinski definition) is 1. The van der Waals surface area contributed by atoms with Gasteiger partial charge in [-0.15, -0.1) is 0 Å². The lowest BCUT2D eigenvalue weighted by Crippen LogP contribution is -2.46. The number of hydrogen-bond acceptors (Lipinski definition) is 5. The minimum Gasteiger partial charge on any atom is -0.465 e. The largest absolute Gasteiger partial charge is 0.465 e. The predicted octanol–water partition coefficient (Wildman–Crippen LogP) is 0.783. The number of likely N-dealkylation sites (N-methyl/N-ethyl adjacent to an activating group) is 1. The zero-order valence-electron chi connectivity index (χ0n) is 12.9. The monoisotopic (exact) mass is 282 g/mol. The van der Waals surface area contributed by atoms with Crippen LogP contribution in [0.2, 0.25) is 0 Å². The summed E-state index contributed by atoms with van der Waals surface area (Å²) in [6.45, 7) is 6.42. The molecule has 0 radical (unpaired) electrons. The molecule has 0 fully saturated rings. The molecule has 1 N–H and O–H groups in total. The summed E-state index contributed by atoms with van der Waals surface area (Å²) in [4.78, 5) is 18.3. The Bertz CT molecular complexity index is 406. The second-order valence-electron chi connectivity index (χ2n) is 4.91. The molecule has 0 spiro atoms. The van der Waals surface area contributed by atoms with Crippen LogP contribution in [-0.4, -0.2) is 53.2 Å². The fourth-order valence-corrected chi connectivity index (χ4v) is 1.95. The van der Waals surface area contributed by atoms with Gasteiger partial charge in [-0.25, -0.2) is 4.98 Å². The lowest BCUT2D eigenvalue weighted by atomic mass is 10.2. The summed E-state index contributed by atoms with van der Waals surface area (Å²) in [5.41, 5.74) is 0. The number of rotatable bonds is 9. The third-order valence-corrected chi connectivity index (χ3v) is 3.04. The van der Waals surface area contributed by atoms with Crippen LogP contribution in [0.25, 0.3) is 0 Å². The molecular formula is C14H26N4O2. The second kappa shape index (κ2) is 8.71. The van der Waals surface area contributed by atoms with Gasteiger partial charge in [0.25, 0.3) is 0 Å². The van der Waals surface area contributed by atoms with Crippen molar-refractivity contribution in [1.82, 2.24) is 19.8 Å². The Kier molecular flexibility index (Phi) is 7.25. The van der Waals surface area contributed by atoms with Crippen molar-refractivity contribution < 1.29 is 9.53 Å². The summed E-state index contributed by atoms with van der Waals surface area (Å²) in [6, 6.07) is -0.292. The molecule has 114 valence electrons. The number of nitrogens with zero attached hydrogens (tertiary/aromatic N) is 3. The lowest BCUT2D eigenvalue weighted by molar-refractivity contribution is -0.146. The van der Waals surface area contributed by atoms with Gasteiger partial charge >= 0.3 is 5.97 Å². The quantitative estimate of drug-likeness (QED) is 0.678. The smallest absolute Gasteiger partial charge is 0.324 e. The Hall–Kier alpha value is -1.40. The molecule has 1 heterocycles. The molecule has 0 bridgehead atoms. The maximum Gasteiger partial charge on any atom is 0.324 e. The topological polar surface area (TPSA) is 59.4 Å². The average Bonchev–Trinajstić information content (AvgIpc) is 2.80. The highest BCUT2D eigenvalue weighted by Gasteiger charge is 2.21. The Balaban J connectivity index is 2.54. The molecule has 0 aliphatic rings. The fraction of sp³-hybridized carbons (Fsp3) is 0.714. The molecule has 6 nitrogen and oxygen atoms in total. The highest BCUT2D eigenvalue weighted by Crippen LogP contribution is 2.01. The van der Waals surface area contributed by atoms with Crippen LogP contribution >= 0.6 is 0 Å². The summed E-state index contributed by atoms with van der Waals surface area (Å²) in [5.74, 6) is 0.790.